The van der Waals surface area contributed by atoms with E-state index >= 15 is 0 Å². The van der Waals surface area contributed by atoms with Crippen LogP contribution >= 0.6 is 0 Å². The van der Waals surface area contributed by atoms with Gasteiger partial charge in [-0.2, -0.15) is 0 Å². The molecule has 1 saturated heterocycles. The molecule has 1 N–H and O–H groups in total. The largest absolute Gasteiger partial charge is 0.490 e. The zero-order chi connectivity index (χ0) is 15.4. The Kier molecular flexibility index (Phi) is 5.37. The minimum absolute atomic E-state index is 0.383. The highest BCUT2D eigenvalue weighted by Gasteiger charge is 2.22. The van der Waals surface area contributed by atoms with Crippen molar-refractivity contribution in [2.24, 2.45) is 0 Å². The molecule has 1 aliphatic carbocycles. The zero-order valence-electron chi connectivity index (χ0n) is 14.1. The summed E-state index contributed by atoms with van der Waals surface area (Å²) in [6, 6.07) is 10.1. The Labute approximate surface area is 135 Å². The van der Waals surface area contributed by atoms with Crippen LogP contribution in [0.15, 0.2) is 24.3 Å². The van der Waals surface area contributed by atoms with Crippen LogP contribution in [-0.2, 0) is 6.54 Å². The molecule has 0 radical (unpaired) electrons. The van der Waals surface area contributed by atoms with Crippen molar-refractivity contribution in [3.63, 3.8) is 0 Å². The number of rotatable bonds is 6. The number of ether oxygens (including phenoxy) is 1. The molecule has 0 aromatic heterocycles. The van der Waals surface area contributed by atoms with E-state index in [0.717, 1.165) is 44.3 Å². The summed E-state index contributed by atoms with van der Waals surface area (Å²) in [6.45, 7) is 7.85. The Morgan fingerprint density at radius 2 is 1.77 bits per heavy atom. The molecule has 1 aliphatic heterocycles. The molecule has 3 nitrogen and oxygen atoms in total. The molecule has 1 heterocycles. The summed E-state index contributed by atoms with van der Waals surface area (Å²) in [6.07, 6.45) is 6.74. The molecular weight excluding hydrogens is 272 g/mol. The van der Waals surface area contributed by atoms with Crippen molar-refractivity contribution in [2.75, 3.05) is 13.1 Å². The fourth-order valence-corrected chi connectivity index (χ4v) is 3.26. The van der Waals surface area contributed by atoms with E-state index in [1.165, 1.54) is 24.8 Å². The maximum Gasteiger partial charge on any atom is 0.119 e. The standard InChI is InChI=1S/C19H30N2O/c1-15(2)21-12-10-19(11-13-21)22-18-8-6-16(7-9-18)14-20-17-4-3-5-17/h6-9,15,17,19-20H,3-5,10-14H2,1-2H3. The van der Waals surface area contributed by atoms with Crippen molar-refractivity contribution in [3.05, 3.63) is 29.8 Å². The molecule has 0 atom stereocenters. The third-order valence-corrected chi connectivity index (χ3v) is 5.13. The maximum absolute atomic E-state index is 6.15. The second-order valence-corrected chi connectivity index (χ2v) is 7.10. The van der Waals surface area contributed by atoms with Crippen molar-refractivity contribution in [1.82, 2.24) is 10.2 Å². The summed E-state index contributed by atoms with van der Waals surface area (Å²) in [7, 11) is 0. The average Bonchev–Trinajstić information content (AvgIpc) is 2.48. The number of hydrogen-bond donors (Lipinski definition) is 1. The summed E-state index contributed by atoms with van der Waals surface area (Å²) < 4.78 is 6.15. The Balaban J connectivity index is 1.43. The van der Waals surface area contributed by atoms with Gasteiger partial charge in [-0.05, 0) is 57.2 Å². The third kappa shape index (κ3) is 4.23. The van der Waals surface area contributed by atoms with Crippen molar-refractivity contribution in [2.45, 2.75) is 70.7 Å². The summed E-state index contributed by atoms with van der Waals surface area (Å²) in [5, 5.41) is 3.61. The van der Waals surface area contributed by atoms with Gasteiger partial charge in [-0.25, -0.2) is 0 Å². The van der Waals surface area contributed by atoms with Gasteiger partial charge >= 0.3 is 0 Å². The van der Waals surface area contributed by atoms with E-state index in [0.29, 0.717) is 12.1 Å². The normalized spacial score (nSPS) is 21.0. The third-order valence-electron chi connectivity index (χ3n) is 5.13. The van der Waals surface area contributed by atoms with Gasteiger partial charge in [0.2, 0.25) is 0 Å². The topological polar surface area (TPSA) is 24.5 Å². The number of piperidine rings is 1. The Bertz CT molecular complexity index is 445. The van der Waals surface area contributed by atoms with Crippen LogP contribution in [0, 0.1) is 0 Å². The molecule has 22 heavy (non-hydrogen) atoms. The van der Waals surface area contributed by atoms with Crippen LogP contribution in [0.5, 0.6) is 5.75 Å². The number of benzene rings is 1. The first-order valence-electron chi connectivity index (χ1n) is 8.94. The highest BCUT2D eigenvalue weighted by atomic mass is 16.5. The van der Waals surface area contributed by atoms with E-state index in [9.17, 15) is 0 Å². The van der Waals surface area contributed by atoms with E-state index < -0.39 is 0 Å². The predicted octanol–water partition coefficient (Wildman–Crippen LogP) is 3.58. The lowest BCUT2D eigenvalue weighted by molar-refractivity contribution is 0.0843. The second-order valence-electron chi connectivity index (χ2n) is 7.10. The van der Waals surface area contributed by atoms with Crippen LogP contribution in [0.25, 0.3) is 0 Å². The molecule has 0 unspecified atom stereocenters. The van der Waals surface area contributed by atoms with E-state index in [2.05, 4.69) is 48.3 Å². The predicted molar refractivity (Wildman–Crippen MR) is 91.3 cm³/mol. The van der Waals surface area contributed by atoms with Gasteiger partial charge < -0.3 is 15.0 Å². The Morgan fingerprint density at radius 3 is 2.32 bits per heavy atom. The zero-order valence-corrected chi connectivity index (χ0v) is 14.1. The fourth-order valence-electron chi connectivity index (χ4n) is 3.26. The molecule has 3 rings (SSSR count). The van der Waals surface area contributed by atoms with Crippen LogP contribution < -0.4 is 10.1 Å². The van der Waals surface area contributed by atoms with E-state index in [1.54, 1.807) is 0 Å². The number of nitrogens with one attached hydrogen (secondary N) is 1. The summed E-state index contributed by atoms with van der Waals surface area (Å²) >= 11 is 0. The number of hydrogen-bond acceptors (Lipinski definition) is 3. The highest BCUT2D eigenvalue weighted by Crippen LogP contribution is 2.21. The molecule has 0 bridgehead atoms. The average molecular weight is 302 g/mol. The highest BCUT2D eigenvalue weighted by molar-refractivity contribution is 5.27. The van der Waals surface area contributed by atoms with Gasteiger partial charge in [-0.1, -0.05) is 18.6 Å². The minimum atomic E-state index is 0.383. The molecule has 122 valence electrons. The minimum Gasteiger partial charge on any atom is -0.490 e. The van der Waals surface area contributed by atoms with Gasteiger partial charge in [0.05, 0.1) is 0 Å². The van der Waals surface area contributed by atoms with E-state index in [1.807, 2.05) is 0 Å². The molecule has 1 saturated carbocycles. The van der Waals surface area contributed by atoms with Crippen molar-refractivity contribution >= 4 is 0 Å². The lowest BCUT2D eigenvalue weighted by atomic mass is 9.93. The quantitative estimate of drug-likeness (QED) is 0.869. The van der Waals surface area contributed by atoms with Gasteiger partial charge in [0.25, 0.3) is 0 Å². The molecule has 1 aromatic rings. The first kappa shape index (κ1) is 15.8. The van der Waals surface area contributed by atoms with Crippen LogP contribution in [-0.4, -0.2) is 36.2 Å². The molecule has 2 aliphatic rings. The monoisotopic (exact) mass is 302 g/mol. The van der Waals surface area contributed by atoms with E-state index in [-0.39, 0.29) is 0 Å². The lowest BCUT2D eigenvalue weighted by Gasteiger charge is -2.34. The van der Waals surface area contributed by atoms with Gasteiger partial charge in [0.15, 0.2) is 0 Å². The van der Waals surface area contributed by atoms with Crippen molar-refractivity contribution in [3.8, 4) is 5.75 Å². The van der Waals surface area contributed by atoms with Gasteiger partial charge in [0.1, 0.15) is 11.9 Å². The molecular formula is C19H30N2O. The molecule has 3 heteroatoms. The fraction of sp³-hybridized carbons (Fsp3) is 0.684. The summed E-state index contributed by atoms with van der Waals surface area (Å²) in [4.78, 5) is 2.54. The van der Waals surface area contributed by atoms with E-state index in [4.69, 9.17) is 4.74 Å². The lowest BCUT2D eigenvalue weighted by Crippen LogP contribution is -2.41. The van der Waals surface area contributed by atoms with Crippen molar-refractivity contribution in [1.29, 1.82) is 0 Å². The SMILES string of the molecule is CC(C)N1CCC(Oc2ccc(CNC3CCC3)cc2)CC1. The first-order valence-corrected chi connectivity index (χ1v) is 8.94. The molecule has 0 amide bonds. The Morgan fingerprint density at radius 1 is 1.09 bits per heavy atom. The second kappa shape index (κ2) is 7.47. The van der Waals surface area contributed by atoms with Gasteiger partial charge in [-0.3, -0.25) is 0 Å². The van der Waals surface area contributed by atoms with Crippen LogP contribution in [0.3, 0.4) is 0 Å². The number of nitrogens with zero attached hydrogens (tertiary/aromatic N) is 1. The smallest absolute Gasteiger partial charge is 0.119 e. The van der Waals surface area contributed by atoms with Crippen molar-refractivity contribution < 1.29 is 4.74 Å². The molecule has 1 aromatic carbocycles. The van der Waals surface area contributed by atoms with Crippen LogP contribution in [0.4, 0.5) is 0 Å². The first-order chi connectivity index (χ1) is 10.7. The summed E-state index contributed by atoms with van der Waals surface area (Å²) in [5.41, 5.74) is 1.36. The summed E-state index contributed by atoms with van der Waals surface area (Å²) in [5.74, 6) is 1.02. The molecule has 0 spiro atoms. The van der Waals surface area contributed by atoms with Gasteiger partial charge in [-0.15, -0.1) is 0 Å². The number of likely N-dealkylation sites (tertiary alicyclic amines) is 1. The molecule has 2 fully saturated rings. The van der Waals surface area contributed by atoms with Crippen LogP contribution in [0.2, 0.25) is 0 Å². The van der Waals surface area contributed by atoms with Gasteiger partial charge in [0, 0.05) is 31.7 Å². The Hall–Kier alpha value is -1.06. The van der Waals surface area contributed by atoms with Crippen LogP contribution in [0.1, 0.15) is 51.5 Å². The maximum atomic E-state index is 6.15.